The maximum Gasteiger partial charge on any atom is 0.416 e. The van der Waals surface area contributed by atoms with Crippen LogP contribution in [0.4, 0.5) is 35.3 Å². The third-order valence-corrected chi connectivity index (χ3v) is 8.70. The zero-order valence-corrected chi connectivity index (χ0v) is 29.2. The number of halogens is 3. The lowest BCUT2D eigenvalue weighted by Gasteiger charge is -2.41. The third kappa shape index (κ3) is 10.8. The zero-order valence-electron chi connectivity index (χ0n) is 28.4. The van der Waals surface area contributed by atoms with Gasteiger partial charge in [0, 0.05) is 29.9 Å². The predicted molar refractivity (Wildman–Crippen MR) is 186 cm³/mol. The molecule has 13 nitrogen and oxygen atoms in total. The van der Waals surface area contributed by atoms with E-state index < -0.39 is 28.3 Å². The molecule has 5 rings (SSSR count). The molecule has 0 aliphatic heterocycles. The van der Waals surface area contributed by atoms with Crippen LogP contribution in [0, 0.1) is 0 Å². The summed E-state index contributed by atoms with van der Waals surface area (Å²) in [6, 6.07) is 16.3. The van der Waals surface area contributed by atoms with Gasteiger partial charge in [0.05, 0.1) is 38.2 Å². The molecule has 1 saturated carbocycles. The normalized spacial score (nSPS) is 17.1. The second-order valence-electron chi connectivity index (χ2n) is 11.8. The van der Waals surface area contributed by atoms with Crippen LogP contribution in [-0.4, -0.2) is 74.7 Å². The molecule has 0 bridgehead atoms. The standard InChI is InChI=1S/C33H37F3N6O2.CH2N2O3S/c1-41(2)29-17-23(22-6-5-7-25(16-22)33(34,35)36)9-12-28(29)40-26-10-13-31(38-19-26)42(32-14-15-37-21-39-32)20-24-8-11-27(43-3)18-30(24)44-4;2-1(4)3-7(5)6/h5-8,10-11,13-16,18-19,21,23,28-29,40H,9,12,17,20H2,1-4H3;(H2,2,4)/t23-,28-,29-;/m0./s1. The minimum absolute atomic E-state index is 0.0552. The van der Waals surface area contributed by atoms with Crippen LogP contribution in [0.25, 0.3) is 0 Å². The van der Waals surface area contributed by atoms with Crippen LogP contribution in [0.3, 0.4) is 0 Å². The van der Waals surface area contributed by atoms with E-state index in [4.69, 9.17) is 14.5 Å². The quantitative estimate of drug-likeness (QED) is 0.195. The largest absolute Gasteiger partial charge is 0.497 e. The van der Waals surface area contributed by atoms with Gasteiger partial charge in [-0.1, -0.05) is 22.6 Å². The van der Waals surface area contributed by atoms with E-state index in [2.05, 4.69) is 30.3 Å². The molecule has 0 saturated heterocycles. The maximum absolute atomic E-state index is 13.3. The highest BCUT2D eigenvalue weighted by atomic mass is 32.2. The van der Waals surface area contributed by atoms with E-state index in [-0.39, 0.29) is 18.0 Å². The Morgan fingerprint density at radius 3 is 2.35 bits per heavy atom. The number of pyridine rings is 1. The molecule has 2 heterocycles. The summed E-state index contributed by atoms with van der Waals surface area (Å²) >= 11 is 0. The highest BCUT2D eigenvalue weighted by molar-refractivity contribution is 7.62. The Morgan fingerprint density at radius 1 is 1.02 bits per heavy atom. The Morgan fingerprint density at radius 2 is 1.78 bits per heavy atom. The van der Waals surface area contributed by atoms with Crippen molar-refractivity contribution in [2.24, 2.45) is 10.1 Å². The molecule has 17 heteroatoms. The summed E-state index contributed by atoms with van der Waals surface area (Å²) < 4.78 is 72.0. The number of rotatable bonds is 10. The fraction of sp³-hybridized carbons (Fsp3) is 0.353. The van der Waals surface area contributed by atoms with Gasteiger partial charge in [0.15, 0.2) is 0 Å². The van der Waals surface area contributed by atoms with Crippen molar-refractivity contribution in [2.45, 2.75) is 50.0 Å². The average molecular weight is 729 g/mol. The summed E-state index contributed by atoms with van der Waals surface area (Å²) in [4.78, 5) is 26.9. The Labute approximate surface area is 295 Å². The number of hydrogen-bond acceptors (Lipinski definition) is 11. The lowest BCUT2D eigenvalue weighted by molar-refractivity contribution is -0.137. The van der Waals surface area contributed by atoms with Crippen LogP contribution in [0.2, 0.25) is 0 Å². The number of alkyl halides is 3. The fourth-order valence-corrected chi connectivity index (χ4v) is 6.10. The molecular weight excluding hydrogens is 689 g/mol. The van der Waals surface area contributed by atoms with Gasteiger partial charge in [-0.2, -0.15) is 21.6 Å². The summed E-state index contributed by atoms with van der Waals surface area (Å²) in [6.07, 6.45) is 3.01. The first-order valence-electron chi connectivity index (χ1n) is 15.7. The van der Waals surface area contributed by atoms with Crippen molar-refractivity contribution >= 4 is 33.9 Å². The van der Waals surface area contributed by atoms with Crippen molar-refractivity contribution in [2.75, 3.05) is 38.5 Å². The van der Waals surface area contributed by atoms with Crippen LogP contribution < -0.4 is 25.4 Å². The molecule has 272 valence electrons. The first kappa shape index (κ1) is 38.5. The maximum atomic E-state index is 13.3. The molecule has 1 aliphatic carbocycles. The lowest BCUT2D eigenvalue weighted by atomic mass is 9.78. The predicted octanol–water partition coefficient (Wildman–Crippen LogP) is 6.05. The molecule has 2 aromatic carbocycles. The number of benzene rings is 2. The van der Waals surface area contributed by atoms with Crippen LogP contribution >= 0.6 is 0 Å². The Balaban J connectivity index is 0.000000755. The molecular formula is C34H39F3N8O5S. The van der Waals surface area contributed by atoms with Gasteiger partial charge < -0.3 is 30.3 Å². The number of carbonyl (C=O) groups excluding carboxylic acids is 1. The molecule has 4 aromatic rings. The summed E-state index contributed by atoms with van der Waals surface area (Å²) in [5.41, 5.74) is 6.25. The second kappa shape index (κ2) is 17.6. The van der Waals surface area contributed by atoms with Gasteiger partial charge in [-0.15, -0.1) is 0 Å². The number of primary amides is 1. The number of nitrogens with two attached hydrogens (primary N) is 1. The number of anilines is 3. The summed E-state index contributed by atoms with van der Waals surface area (Å²) in [5, 5.41) is 3.64. The molecule has 1 fully saturated rings. The van der Waals surface area contributed by atoms with Crippen molar-refractivity contribution in [3.8, 4) is 11.5 Å². The van der Waals surface area contributed by atoms with E-state index >= 15 is 0 Å². The van der Waals surface area contributed by atoms with Crippen LogP contribution in [0.15, 0.2) is 83.7 Å². The van der Waals surface area contributed by atoms with Crippen molar-refractivity contribution in [1.82, 2.24) is 19.9 Å². The first-order valence-corrected chi connectivity index (χ1v) is 16.7. The van der Waals surface area contributed by atoms with Gasteiger partial charge in [-0.3, -0.25) is 0 Å². The van der Waals surface area contributed by atoms with Gasteiger partial charge in [0.2, 0.25) is 0 Å². The average Bonchev–Trinajstić information content (AvgIpc) is 3.11. The third-order valence-electron chi connectivity index (χ3n) is 8.37. The molecule has 0 unspecified atom stereocenters. The Hall–Kier alpha value is -5.29. The summed E-state index contributed by atoms with van der Waals surface area (Å²) in [5.74, 6) is 2.83. The minimum Gasteiger partial charge on any atom is -0.497 e. The van der Waals surface area contributed by atoms with E-state index in [1.807, 2.05) is 61.5 Å². The second-order valence-corrected chi connectivity index (χ2v) is 12.4. The highest BCUT2D eigenvalue weighted by Gasteiger charge is 2.35. The number of methoxy groups -OCH3 is 2. The summed E-state index contributed by atoms with van der Waals surface area (Å²) in [6.45, 7) is 0.451. The van der Waals surface area contributed by atoms with E-state index in [0.29, 0.717) is 29.7 Å². The molecule has 2 amide bonds. The topological polar surface area (TPSA) is 165 Å². The van der Waals surface area contributed by atoms with Gasteiger partial charge in [0.1, 0.15) is 29.5 Å². The lowest BCUT2D eigenvalue weighted by Crippen LogP contribution is -2.47. The number of nitrogens with one attached hydrogen (secondary N) is 1. The highest BCUT2D eigenvalue weighted by Crippen LogP contribution is 2.39. The molecule has 3 atom stereocenters. The van der Waals surface area contributed by atoms with Gasteiger partial charge in [-0.05, 0) is 81.2 Å². The Bertz CT molecular complexity index is 1890. The van der Waals surface area contributed by atoms with Gasteiger partial charge in [-0.25, -0.2) is 19.7 Å². The van der Waals surface area contributed by atoms with Crippen LogP contribution in [0.1, 0.15) is 41.9 Å². The number of carbonyl (C=O) groups is 1. The fourth-order valence-electron chi connectivity index (χ4n) is 5.95. The number of urea groups is 1. The number of aromatic nitrogens is 3. The van der Waals surface area contributed by atoms with E-state index in [9.17, 15) is 26.4 Å². The van der Waals surface area contributed by atoms with Crippen molar-refractivity contribution < 1.29 is 35.9 Å². The van der Waals surface area contributed by atoms with E-state index in [1.165, 1.54) is 18.5 Å². The van der Waals surface area contributed by atoms with Gasteiger partial charge >= 0.3 is 22.7 Å². The molecule has 0 radical (unpaired) electrons. The number of likely N-dealkylation sites (N-methyl/N-ethyl adjacent to an activating group) is 1. The SMILES string of the molecule is COc1ccc(CN(c2ccncn2)c2ccc(N[C@H]3CC[C@H](c4cccc(C(F)(F)F)c4)C[C@@H]3N(C)C)cn2)c(OC)c1.NC(=O)N=S(=O)=O. The molecule has 0 spiro atoms. The van der Waals surface area contributed by atoms with Crippen molar-refractivity contribution in [3.05, 3.63) is 96.1 Å². The summed E-state index contributed by atoms with van der Waals surface area (Å²) in [7, 11) is 4.58. The molecule has 1 aliphatic rings. The van der Waals surface area contributed by atoms with E-state index in [1.54, 1.807) is 26.6 Å². The molecule has 51 heavy (non-hydrogen) atoms. The first-order chi connectivity index (χ1) is 24.3. The number of ether oxygens (including phenoxy) is 2. The van der Waals surface area contributed by atoms with Crippen molar-refractivity contribution in [1.29, 1.82) is 0 Å². The number of amides is 2. The Kier molecular flexibility index (Phi) is 13.3. The van der Waals surface area contributed by atoms with E-state index in [0.717, 1.165) is 42.1 Å². The molecule has 2 aromatic heterocycles. The number of hydrogen-bond donors (Lipinski definition) is 2. The number of nitrogens with zero attached hydrogens (tertiary/aromatic N) is 6. The monoisotopic (exact) mass is 728 g/mol. The zero-order chi connectivity index (χ0) is 37.1. The molecule has 3 N–H and O–H groups in total. The smallest absolute Gasteiger partial charge is 0.416 e. The van der Waals surface area contributed by atoms with Crippen LogP contribution in [-0.2, 0) is 23.2 Å². The van der Waals surface area contributed by atoms with Gasteiger partial charge in [0.25, 0.3) is 0 Å². The van der Waals surface area contributed by atoms with Crippen LogP contribution in [0.5, 0.6) is 11.5 Å². The van der Waals surface area contributed by atoms with Crippen molar-refractivity contribution in [3.63, 3.8) is 0 Å². The minimum atomic E-state index is -4.35.